The lowest BCUT2D eigenvalue weighted by Crippen LogP contribution is -2.16. The predicted molar refractivity (Wildman–Crippen MR) is 110 cm³/mol. The van der Waals surface area contributed by atoms with Gasteiger partial charge in [-0.2, -0.15) is 0 Å². The molecule has 0 radical (unpaired) electrons. The van der Waals surface area contributed by atoms with E-state index in [0.717, 1.165) is 36.3 Å². The van der Waals surface area contributed by atoms with Crippen molar-refractivity contribution in [2.75, 3.05) is 13.7 Å². The van der Waals surface area contributed by atoms with E-state index in [1.165, 1.54) is 16.5 Å². The summed E-state index contributed by atoms with van der Waals surface area (Å²) in [5.41, 5.74) is 7.16. The van der Waals surface area contributed by atoms with Gasteiger partial charge in [0.25, 0.3) is 0 Å². The molecule has 0 fully saturated rings. The van der Waals surface area contributed by atoms with E-state index < -0.39 is 0 Å². The molecule has 5 heteroatoms. The third-order valence-corrected chi connectivity index (χ3v) is 4.48. The van der Waals surface area contributed by atoms with Crippen LogP contribution < -0.4 is 15.5 Å². The number of nitrogens with one attached hydrogen (secondary N) is 3. The van der Waals surface area contributed by atoms with Crippen molar-refractivity contribution in [3.8, 4) is 5.75 Å². The first-order valence-corrected chi connectivity index (χ1v) is 8.90. The highest BCUT2D eigenvalue weighted by molar-refractivity contribution is 5.84. The molecule has 0 bridgehead atoms. The van der Waals surface area contributed by atoms with Crippen LogP contribution in [0.4, 0.5) is 0 Å². The maximum absolute atomic E-state index is 8.71. The van der Waals surface area contributed by atoms with Crippen molar-refractivity contribution in [2.45, 2.75) is 13.0 Å². The second-order valence-electron chi connectivity index (χ2n) is 6.36. The van der Waals surface area contributed by atoms with E-state index in [0.29, 0.717) is 5.70 Å². The Morgan fingerprint density at radius 1 is 1.22 bits per heavy atom. The highest BCUT2D eigenvalue weighted by Crippen LogP contribution is 2.23. The van der Waals surface area contributed by atoms with E-state index in [1.54, 1.807) is 13.2 Å². The number of aromatic amines is 1. The summed E-state index contributed by atoms with van der Waals surface area (Å²) in [5, 5.41) is 13.4. The molecule has 1 heterocycles. The highest BCUT2D eigenvalue weighted by atomic mass is 16.5. The molecule has 0 aliphatic carbocycles. The Bertz CT molecular complexity index is 926. The number of allylic oxidation sites excluding steroid dienone is 1. The number of aromatic nitrogens is 1. The number of H-pyrrole nitrogens is 1. The number of fused-ring (bicyclic) bond motifs is 1. The van der Waals surface area contributed by atoms with Crippen LogP contribution in [0.3, 0.4) is 0 Å². The molecule has 3 rings (SSSR count). The molecule has 0 amide bonds. The number of ether oxygens (including phenoxy) is 1. The van der Waals surface area contributed by atoms with Gasteiger partial charge in [-0.1, -0.05) is 36.9 Å². The molecule has 0 saturated carbocycles. The summed E-state index contributed by atoms with van der Waals surface area (Å²) in [4.78, 5) is 3.31. The molecule has 0 unspecified atom stereocenters. The SMILES string of the molecule is C=C(/C=C/c1ccc(CNCCc2c[nH]c3cc(OC)ccc23)cc1)NO. The summed E-state index contributed by atoms with van der Waals surface area (Å²) >= 11 is 0. The molecule has 0 atom stereocenters. The zero-order valence-corrected chi connectivity index (χ0v) is 15.5. The topological polar surface area (TPSA) is 69.3 Å². The van der Waals surface area contributed by atoms with Crippen molar-refractivity contribution in [3.63, 3.8) is 0 Å². The molecule has 1 aromatic heterocycles. The lowest BCUT2D eigenvalue weighted by molar-refractivity contribution is 0.205. The van der Waals surface area contributed by atoms with E-state index in [1.807, 2.05) is 35.8 Å². The minimum atomic E-state index is 0.455. The van der Waals surface area contributed by atoms with Gasteiger partial charge in [0.2, 0.25) is 0 Å². The van der Waals surface area contributed by atoms with Crippen molar-refractivity contribution >= 4 is 17.0 Å². The summed E-state index contributed by atoms with van der Waals surface area (Å²) < 4.78 is 5.27. The Morgan fingerprint density at radius 2 is 2.04 bits per heavy atom. The van der Waals surface area contributed by atoms with Crippen molar-refractivity contribution in [3.05, 3.63) is 83.7 Å². The van der Waals surface area contributed by atoms with E-state index >= 15 is 0 Å². The summed E-state index contributed by atoms with van der Waals surface area (Å²) in [6, 6.07) is 14.4. The van der Waals surface area contributed by atoms with Crippen LogP contribution >= 0.6 is 0 Å². The molecule has 27 heavy (non-hydrogen) atoms. The van der Waals surface area contributed by atoms with Gasteiger partial charge in [-0.3, -0.25) is 10.7 Å². The molecular formula is C22H25N3O2. The molecule has 0 aliphatic heterocycles. The number of methoxy groups -OCH3 is 1. The van der Waals surface area contributed by atoms with Gasteiger partial charge >= 0.3 is 0 Å². The van der Waals surface area contributed by atoms with Crippen molar-refractivity contribution in [1.29, 1.82) is 0 Å². The average Bonchev–Trinajstić information content (AvgIpc) is 3.12. The van der Waals surface area contributed by atoms with E-state index in [-0.39, 0.29) is 0 Å². The van der Waals surface area contributed by atoms with Gasteiger partial charge < -0.3 is 15.0 Å². The first-order valence-electron chi connectivity index (χ1n) is 8.90. The van der Waals surface area contributed by atoms with Gasteiger partial charge in [0.05, 0.1) is 12.8 Å². The third-order valence-electron chi connectivity index (χ3n) is 4.48. The lowest BCUT2D eigenvalue weighted by Gasteiger charge is -2.06. The summed E-state index contributed by atoms with van der Waals surface area (Å²) in [5.74, 6) is 0.865. The van der Waals surface area contributed by atoms with Gasteiger partial charge in [-0.25, -0.2) is 0 Å². The Kier molecular flexibility index (Phi) is 6.30. The molecule has 0 spiro atoms. The fourth-order valence-electron chi connectivity index (χ4n) is 2.94. The van der Waals surface area contributed by atoms with Gasteiger partial charge in [0.15, 0.2) is 0 Å². The molecule has 5 nitrogen and oxygen atoms in total. The van der Waals surface area contributed by atoms with Crippen LogP contribution in [0, 0.1) is 0 Å². The molecule has 4 N–H and O–H groups in total. The van der Waals surface area contributed by atoms with Crippen LogP contribution in [0.25, 0.3) is 17.0 Å². The molecule has 0 saturated heterocycles. The summed E-state index contributed by atoms with van der Waals surface area (Å²) in [7, 11) is 1.68. The zero-order chi connectivity index (χ0) is 19.1. The number of hydrogen-bond acceptors (Lipinski definition) is 4. The first kappa shape index (κ1) is 18.8. The fourth-order valence-corrected chi connectivity index (χ4v) is 2.94. The Morgan fingerprint density at radius 3 is 2.78 bits per heavy atom. The van der Waals surface area contributed by atoms with Crippen LogP contribution in [0.2, 0.25) is 0 Å². The van der Waals surface area contributed by atoms with Crippen molar-refractivity contribution < 1.29 is 9.94 Å². The van der Waals surface area contributed by atoms with Crippen LogP contribution in [0.5, 0.6) is 5.75 Å². The number of rotatable bonds is 9. The first-order chi connectivity index (χ1) is 13.2. The number of hydrogen-bond donors (Lipinski definition) is 4. The smallest absolute Gasteiger partial charge is 0.120 e. The molecular weight excluding hydrogens is 338 g/mol. The van der Waals surface area contributed by atoms with E-state index in [4.69, 9.17) is 9.94 Å². The van der Waals surface area contributed by atoms with E-state index in [2.05, 4.69) is 41.3 Å². The Hall–Kier alpha value is -3.02. The summed E-state index contributed by atoms with van der Waals surface area (Å²) in [6.07, 6.45) is 6.66. The Labute approximate surface area is 159 Å². The van der Waals surface area contributed by atoms with E-state index in [9.17, 15) is 0 Å². The molecule has 3 aromatic rings. The second-order valence-corrected chi connectivity index (χ2v) is 6.36. The van der Waals surface area contributed by atoms with Crippen molar-refractivity contribution in [2.24, 2.45) is 0 Å². The molecule has 2 aromatic carbocycles. The minimum absolute atomic E-state index is 0.455. The quantitative estimate of drug-likeness (QED) is 0.263. The van der Waals surface area contributed by atoms with Crippen LogP contribution in [-0.4, -0.2) is 23.8 Å². The zero-order valence-electron chi connectivity index (χ0n) is 15.5. The number of hydroxylamine groups is 1. The third kappa shape index (κ3) is 5.00. The lowest BCUT2D eigenvalue weighted by atomic mass is 10.1. The largest absolute Gasteiger partial charge is 0.497 e. The van der Waals surface area contributed by atoms with Crippen molar-refractivity contribution in [1.82, 2.24) is 15.8 Å². The van der Waals surface area contributed by atoms with Crippen LogP contribution in [-0.2, 0) is 13.0 Å². The maximum atomic E-state index is 8.71. The monoisotopic (exact) mass is 363 g/mol. The Balaban J connectivity index is 1.49. The standard InChI is InChI=1S/C22H25N3O2/c1-16(25-26)3-4-17-5-7-18(8-6-17)14-23-12-11-19-15-24-22-13-20(27-2)9-10-21(19)22/h3-10,13,15,23-26H,1,11-12,14H2,2H3/b4-3+. The molecule has 140 valence electrons. The molecule has 0 aliphatic rings. The van der Waals surface area contributed by atoms with Gasteiger partial charge in [0.1, 0.15) is 5.75 Å². The fraction of sp³-hybridized carbons (Fsp3) is 0.182. The van der Waals surface area contributed by atoms with Gasteiger partial charge in [-0.15, -0.1) is 0 Å². The van der Waals surface area contributed by atoms with Crippen LogP contribution in [0.15, 0.2) is 67.0 Å². The minimum Gasteiger partial charge on any atom is -0.497 e. The predicted octanol–water partition coefficient (Wildman–Crippen LogP) is 4.01. The van der Waals surface area contributed by atoms with Gasteiger partial charge in [0, 0.05) is 29.7 Å². The summed E-state index contributed by atoms with van der Waals surface area (Å²) in [6.45, 7) is 5.37. The normalized spacial score (nSPS) is 11.2. The average molecular weight is 363 g/mol. The van der Waals surface area contributed by atoms with Crippen LogP contribution in [0.1, 0.15) is 16.7 Å². The second kappa shape index (κ2) is 9.07. The van der Waals surface area contributed by atoms with Gasteiger partial charge in [-0.05, 0) is 47.9 Å². The maximum Gasteiger partial charge on any atom is 0.120 e. The number of benzene rings is 2. The highest BCUT2D eigenvalue weighted by Gasteiger charge is 2.04.